The van der Waals surface area contributed by atoms with Crippen LogP contribution in [0.15, 0.2) is 48.5 Å². The zero-order chi connectivity index (χ0) is 14.8. The number of para-hydroxylation sites is 1. The van der Waals surface area contributed by atoms with Crippen molar-refractivity contribution in [1.29, 1.82) is 0 Å². The number of nitrogens with one attached hydrogen (secondary N) is 1. The van der Waals surface area contributed by atoms with E-state index in [-0.39, 0.29) is 5.69 Å². The van der Waals surface area contributed by atoms with Gasteiger partial charge in [0.15, 0.2) is 0 Å². The van der Waals surface area contributed by atoms with Crippen molar-refractivity contribution in [2.24, 2.45) is 0 Å². The molecule has 0 spiro atoms. The number of pyridine rings is 2. The lowest BCUT2D eigenvalue weighted by atomic mass is 10.1. The van der Waals surface area contributed by atoms with Crippen LogP contribution < -0.4 is 5.32 Å². The Morgan fingerprint density at radius 2 is 1.86 bits per heavy atom. The van der Waals surface area contributed by atoms with Gasteiger partial charge in [0.05, 0.1) is 11.2 Å². The molecule has 2 heterocycles. The highest BCUT2D eigenvalue weighted by atomic mass is 19.1. The number of hydrogen-bond donors (Lipinski definition) is 1. The van der Waals surface area contributed by atoms with Crippen LogP contribution in [0.5, 0.6) is 0 Å². The summed E-state index contributed by atoms with van der Waals surface area (Å²) in [5, 5.41) is 3.65. The number of aryl methyl sites for hydroxylation is 1. The van der Waals surface area contributed by atoms with Crippen LogP contribution in [0.25, 0.3) is 10.9 Å². The third-order valence-corrected chi connectivity index (χ3v) is 3.06. The van der Waals surface area contributed by atoms with Crippen LogP contribution >= 0.6 is 0 Å². The molecule has 0 aliphatic rings. The molecule has 0 fully saturated rings. The predicted molar refractivity (Wildman–Crippen MR) is 78.6 cm³/mol. The van der Waals surface area contributed by atoms with Crippen molar-refractivity contribution in [2.45, 2.75) is 6.92 Å². The van der Waals surface area contributed by atoms with Crippen LogP contribution in [-0.4, -0.2) is 15.9 Å². The topological polar surface area (TPSA) is 54.9 Å². The number of benzene rings is 1. The Bertz CT molecular complexity index is 833. The van der Waals surface area contributed by atoms with Gasteiger partial charge in [-0.1, -0.05) is 24.3 Å². The third-order valence-electron chi connectivity index (χ3n) is 3.06. The molecule has 4 nitrogen and oxygen atoms in total. The van der Waals surface area contributed by atoms with Gasteiger partial charge in [-0.05, 0) is 31.2 Å². The van der Waals surface area contributed by atoms with Crippen molar-refractivity contribution >= 4 is 22.5 Å². The fourth-order valence-corrected chi connectivity index (χ4v) is 2.07. The van der Waals surface area contributed by atoms with Gasteiger partial charge in [-0.15, -0.1) is 0 Å². The van der Waals surface area contributed by atoms with Gasteiger partial charge < -0.3 is 5.32 Å². The van der Waals surface area contributed by atoms with Crippen LogP contribution in [0, 0.1) is 12.9 Å². The van der Waals surface area contributed by atoms with Gasteiger partial charge in [-0.2, -0.15) is 4.39 Å². The van der Waals surface area contributed by atoms with Gasteiger partial charge in [0.1, 0.15) is 5.69 Å². The fourth-order valence-electron chi connectivity index (χ4n) is 2.07. The van der Waals surface area contributed by atoms with Crippen molar-refractivity contribution in [3.05, 3.63) is 65.9 Å². The van der Waals surface area contributed by atoms with Crippen LogP contribution in [0.2, 0.25) is 0 Å². The minimum absolute atomic E-state index is 0.0275. The highest BCUT2D eigenvalue weighted by Gasteiger charge is 2.11. The number of aromatic nitrogens is 2. The Balaban J connectivity index is 1.98. The predicted octanol–water partition coefficient (Wildman–Crippen LogP) is 3.33. The van der Waals surface area contributed by atoms with E-state index in [0.717, 1.165) is 11.1 Å². The Morgan fingerprint density at radius 3 is 2.67 bits per heavy atom. The summed E-state index contributed by atoms with van der Waals surface area (Å²) >= 11 is 0. The maximum absolute atomic E-state index is 13.1. The molecule has 0 saturated heterocycles. The highest BCUT2D eigenvalue weighted by molar-refractivity contribution is 6.07. The molecule has 0 unspecified atom stereocenters. The molecular weight excluding hydrogens is 269 g/mol. The van der Waals surface area contributed by atoms with Gasteiger partial charge in [0.2, 0.25) is 5.95 Å². The van der Waals surface area contributed by atoms with E-state index >= 15 is 0 Å². The zero-order valence-electron chi connectivity index (χ0n) is 11.3. The average Bonchev–Trinajstić information content (AvgIpc) is 2.48. The number of halogens is 1. The summed E-state index contributed by atoms with van der Waals surface area (Å²) in [5.74, 6) is -1.15. The quantitative estimate of drug-likeness (QED) is 0.733. The summed E-state index contributed by atoms with van der Waals surface area (Å²) in [7, 11) is 0. The van der Waals surface area contributed by atoms with Crippen LogP contribution in [0.4, 0.5) is 10.1 Å². The Kier molecular flexibility index (Phi) is 3.31. The first-order chi connectivity index (χ1) is 10.1. The Labute approximate surface area is 120 Å². The zero-order valence-corrected chi connectivity index (χ0v) is 11.3. The SMILES string of the molecule is Cc1ccc2cccc(NC(=O)c3cccc(F)n3)c2n1. The van der Waals surface area contributed by atoms with Crippen molar-refractivity contribution < 1.29 is 9.18 Å². The number of amides is 1. The van der Waals surface area contributed by atoms with Crippen molar-refractivity contribution in [3.63, 3.8) is 0 Å². The van der Waals surface area contributed by atoms with Gasteiger partial charge >= 0.3 is 0 Å². The number of anilines is 1. The molecule has 0 aliphatic carbocycles. The summed E-state index contributed by atoms with van der Waals surface area (Å²) < 4.78 is 13.1. The van der Waals surface area contributed by atoms with E-state index in [2.05, 4.69) is 15.3 Å². The van der Waals surface area contributed by atoms with Crippen LogP contribution in [-0.2, 0) is 0 Å². The molecule has 1 aromatic carbocycles. The smallest absolute Gasteiger partial charge is 0.274 e. The first kappa shape index (κ1) is 13.2. The monoisotopic (exact) mass is 281 g/mol. The molecule has 2 aromatic heterocycles. The van der Waals surface area contributed by atoms with Gasteiger partial charge in [-0.3, -0.25) is 9.78 Å². The number of fused-ring (bicyclic) bond motifs is 1. The minimum atomic E-state index is -0.686. The van der Waals surface area contributed by atoms with E-state index in [1.807, 2.05) is 31.2 Å². The molecule has 3 aromatic rings. The summed E-state index contributed by atoms with van der Waals surface area (Å²) in [5.41, 5.74) is 2.15. The van der Waals surface area contributed by atoms with Crippen molar-refractivity contribution in [2.75, 3.05) is 5.32 Å². The lowest BCUT2D eigenvalue weighted by molar-refractivity contribution is 0.102. The normalized spacial score (nSPS) is 10.6. The second kappa shape index (κ2) is 5.28. The second-order valence-corrected chi connectivity index (χ2v) is 4.63. The number of nitrogens with zero attached hydrogens (tertiary/aromatic N) is 2. The Morgan fingerprint density at radius 1 is 1.05 bits per heavy atom. The maximum Gasteiger partial charge on any atom is 0.274 e. The van der Waals surface area contributed by atoms with Crippen molar-refractivity contribution in [3.8, 4) is 0 Å². The standard InChI is InChI=1S/C16H12FN3O/c1-10-8-9-11-4-2-5-12(15(11)18-10)20-16(21)13-6-3-7-14(17)19-13/h2-9H,1H3,(H,20,21). The van der Waals surface area contributed by atoms with Crippen LogP contribution in [0.1, 0.15) is 16.2 Å². The highest BCUT2D eigenvalue weighted by Crippen LogP contribution is 2.22. The molecule has 104 valence electrons. The third kappa shape index (κ3) is 2.72. The van der Waals surface area contributed by atoms with E-state index < -0.39 is 11.9 Å². The average molecular weight is 281 g/mol. The number of carbonyl (C=O) groups is 1. The van der Waals surface area contributed by atoms with Crippen LogP contribution in [0.3, 0.4) is 0 Å². The molecule has 0 saturated carbocycles. The van der Waals surface area contributed by atoms with Gasteiger partial charge in [0, 0.05) is 11.1 Å². The first-order valence-corrected chi connectivity index (χ1v) is 6.44. The molecule has 0 atom stereocenters. The molecule has 0 radical (unpaired) electrons. The maximum atomic E-state index is 13.1. The molecule has 5 heteroatoms. The molecule has 3 rings (SSSR count). The second-order valence-electron chi connectivity index (χ2n) is 4.63. The number of carbonyl (C=O) groups excluding carboxylic acids is 1. The van der Waals surface area contributed by atoms with Crippen molar-refractivity contribution in [1.82, 2.24) is 9.97 Å². The lowest BCUT2D eigenvalue weighted by Gasteiger charge is -2.08. The number of rotatable bonds is 2. The largest absolute Gasteiger partial charge is 0.319 e. The minimum Gasteiger partial charge on any atom is -0.319 e. The van der Waals surface area contributed by atoms with Gasteiger partial charge in [0.25, 0.3) is 5.91 Å². The fraction of sp³-hybridized carbons (Fsp3) is 0.0625. The summed E-state index contributed by atoms with van der Waals surface area (Å²) in [6, 6.07) is 13.4. The summed E-state index contributed by atoms with van der Waals surface area (Å²) in [6.45, 7) is 1.88. The molecular formula is C16H12FN3O. The molecule has 1 N–H and O–H groups in total. The van der Waals surface area contributed by atoms with E-state index in [1.54, 1.807) is 6.07 Å². The molecule has 1 amide bonds. The van der Waals surface area contributed by atoms with Gasteiger partial charge in [-0.25, -0.2) is 4.98 Å². The summed E-state index contributed by atoms with van der Waals surface area (Å²) in [6.07, 6.45) is 0. The van der Waals surface area contributed by atoms with E-state index in [1.165, 1.54) is 18.2 Å². The number of hydrogen-bond acceptors (Lipinski definition) is 3. The summed E-state index contributed by atoms with van der Waals surface area (Å²) in [4.78, 5) is 20.1. The molecule has 0 aliphatic heterocycles. The molecule has 0 bridgehead atoms. The lowest BCUT2D eigenvalue weighted by Crippen LogP contribution is -2.14. The van der Waals surface area contributed by atoms with E-state index in [0.29, 0.717) is 11.2 Å². The Hall–Kier alpha value is -2.82. The molecule has 21 heavy (non-hydrogen) atoms. The van der Waals surface area contributed by atoms with E-state index in [9.17, 15) is 9.18 Å². The first-order valence-electron chi connectivity index (χ1n) is 6.44. The van der Waals surface area contributed by atoms with E-state index in [4.69, 9.17) is 0 Å².